The number of likely N-dealkylation sites (tertiary alicyclic amines) is 1. The summed E-state index contributed by atoms with van der Waals surface area (Å²) >= 11 is 0. The monoisotopic (exact) mass is 419 g/mol. The predicted octanol–water partition coefficient (Wildman–Crippen LogP) is 4.72. The van der Waals surface area contributed by atoms with Crippen molar-refractivity contribution in [1.29, 1.82) is 0 Å². The Balaban J connectivity index is 1.73. The highest BCUT2D eigenvalue weighted by Gasteiger charge is 2.35. The molecule has 1 saturated heterocycles. The van der Waals surface area contributed by atoms with E-state index in [1.165, 1.54) is 0 Å². The number of nitrogens with zero attached hydrogens (tertiary/aromatic N) is 5. The first-order chi connectivity index (χ1) is 15.1. The summed E-state index contributed by atoms with van der Waals surface area (Å²) in [5, 5.41) is 4.04. The molecule has 4 heterocycles. The van der Waals surface area contributed by atoms with Gasteiger partial charge in [-0.1, -0.05) is 19.0 Å². The van der Waals surface area contributed by atoms with Crippen LogP contribution < -0.4 is 0 Å². The van der Waals surface area contributed by atoms with Crippen LogP contribution in [0.5, 0.6) is 0 Å². The summed E-state index contributed by atoms with van der Waals surface area (Å²) in [6, 6.07) is 3.66. The smallest absolute Gasteiger partial charge is 0.276 e. The molecule has 3 aromatic rings. The molecule has 0 unspecified atom stereocenters. The molecule has 0 bridgehead atoms. The Hall–Kier alpha value is -3.09. The molecule has 0 saturated carbocycles. The normalized spacial score (nSPS) is 16.1. The summed E-state index contributed by atoms with van der Waals surface area (Å²) in [4.78, 5) is 29.0. The molecule has 7 nitrogen and oxygen atoms in total. The van der Waals surface area contributed by atoms with Crippen molar-refractivity contribution in [2.45, 2.75) is 65.3 Å². The second-order valence-electron chi connectivity index (χ2n) is 8.11. The maximum Gasteiger partial charge on any atom is 0.276 e. The number of aryl methyl sites for hydroxylation is 3. The van der Waals surface area contributed by atoms with Crippen molar-refractivity contribution in [3.05, 3.63) is 59.3 Å². The standard InChI is InChI=1S/C24H29N5O2/c1-4-7-17-13-20(28-31-17)24(30)29-12-6-9-21(29)23-19(15-26-22(27-23)8-5-2)18-10-11-25-14-16(18)3/h10-11,13-15,21H,4-9,12H2,1-3H3/t21-/m0/s1. The van der Waals surface area contributed by atoms with E-state index in [1.54, 1.807) is 12.3 Å². The van der Waals surface area contributed by atoms with Crippen LogP contribution in [-0.4, -0.2) is 37.5 Å². The summed E-state index contributed by atoms with van der Waals surface area (Å²) in [6.45, 7) is 6.91. The number of carbonyl (C=O) groups is 1. The summed E-state index contributed by atoms with van der Waals surface area (Å²) in [6.07, 6.45) is 10.9. The maximum absolute atomic E-state index is 13.3. The van der Waals surface area contributed by atoms with Crippen molar-refractivity contribution >= 4 is 5.91 Å². The van der Waals surface area contributed by atoms with Crippen LogP contribution in [0, 0.1) is 6.92 Å². The zero-order valence-electron chi connectivity index (χ0n) is 18.5. The maximum atomic E-state index is 13.3. The molecule has 1 aliphatic rings. The summed E-state index contributed by atoms with van der Waals surface area (Å²) in [5.41, 5.74) is 4.37. The van der Waals surface area contributed by atoms with E-state index in [9.17, 15) is 4.79 Å². The number of hydrogen-bond acceptors (Lipinski definition) is 6. The second-order valence-corrected chi connectivity index (χ2v) is 8.11. The van der Waals surface area contributed by atoms with Gasteiger partial charge in [0.1, 0.15) is 11.6 Å². The van der Waals surface area contributed by atoms with E-state index in [4.69, 9.17) is 9.51 Å². The first-order valence-electron chi connectivity index (χ1n) is 11.2. The van der Waals surface area contributed by atoms with Gasteiger partial charge in [-0.15, -0.1) is 0 Å². The van der Waals surface area contributed by atoms with E-state index in [2.05, 4.69) is 29.0 Å². The third-order valence-electron chi connectivity index (χ3n) is 5.76. The SMILES string of the molecule is CCCc1ncc(-c2ccncc2C)c([C@@H]2CCCN2C(=O)c2cc(CCC)on2)n1. The van der Waals surface area contributed by atoms with Gasteiger partial charge >= 0.3 is 0 Å². The molecule has 3 aromatic heterocycles. The van der Waals surface area contributed by atoms with E-state index in [0.717, 1.165) is 72.5 Å². The van der Waals surface area contributed by atoms with Gasteiger partial charge in [-0.25, -0.2) is 9.97 Å². The summed E-state index contributed by atoms with van der Waals surface area (Å²) in [7, 11) is 0. The molecule has 4 rings (SSSR count). The van der Waals surface area contributed by atoms with E-state index >= 15 is 0 Å². The van der Waals surface area contributed by atoms with Gasteiger partial charge in [0.15, 0.2) is 5.69 Å². The molecule has 0 aliphatic carbocycles. The van der Waals surface area contributed by atoms with Gasteiger partial charge in [-0.2, -0.15) is 0 Å². The average Bonchev–Trinajstić information content (AvgIpc) is 3.44. The lowest BCUT2D eigenvalue weighted by atomic mass is 9.97. The largest absolute Gasteiger partial charge is 0.361 e. The van der Waals surface area contributed by atoms with Crippen molar-refractivity contribution < 1.29 is 9.32 Å². The van der Waals surface area contributed by atoms with E-state index in [-0.39, 0.29) is 11.9 Å². The van der Waals surface area contributed by atoms with Crippen molar-refractivity contribution in [2.24, 2.45) is 0 Å². The predicted molar refractivity (Wildman–Crippen MR) is 118 cm³/mol. The lowest BCUT2D eigenvalue weighted by Gasteiger charge is -2.25. The molecule has 31 heavy (non-hydrogen) atoms. The minimum Gasteiger partial charge on any atom is -0.361 e. The van der Waals surface area contributed by atoms with Gasteiger partial charge in [0.25, 0.3) is 5.91 Å². The van der Waals surface area contributed by atoms with Crippen molar-refractivity contribution in [2.75, 3.05) is 6.54 Å². The Kier molecular flexibility index (Phi) is 6.39. The molecule has 1 aliphatic heterocycles. The van der Waals surface area contributed by atoms with Crippen molar-refractivity contribution in [3.63, 3.8) is 0 Å². The zero-order valence-corrected chi connectivity index (χ0v) is 18.5. The number of pyridine rings is 1. The van der Waals surface area contributed by atoms with E-state index in [0.29, 0.717) is 12.2 Å². The van der Waals surface area contributed by atoms with Crippen LogP contribution in [0.4, 0.5) is 0 Å². The van der Waals surface area contributed by atoms with Crippen LogP contribution in [0.3, 0.4) is 0 Å². The van der Waals surface area contributed by atoms with E-state index in [1.807, 2.05) is 30.3 Å². The van der Waals surface area contributed by atoms with Crippen LogP contribution in [0.2, 0.25) is 0 Å². The van der Waals surface area contributed by atoms with Gasteiger partial charge < -0.3 is 9.42 Å². The zero-order chi connectivity index (χ0) is 21.8. The number of hydrogen-bond donors (Lipinski definition) is 0. The lowest BCUT2D eigenvalue weighted by Crippen LogP contribution is -2.31. The molecule has 0 radical (unpaired) electrons. The van der Waals surface area contributed by atoms with Crippen molar-refractivity contribution in [1.82, 2.24) is 25.0 Å². The van der Waals surface area contributed by atoms with E-state index < -0.39 is 0 Å². The topological polar surface area (TPSA) is 85.0 Å². The Morgan fingerprint density at radius 3 is 2.81 bits per heavy atom. The highest BCUT2D eigenvalue weighted by atomic mass is 16.5. The third kappa shape index (κ3) is 4.36. The minimum atomic E-state index is -0.111. The highest BCUT2D eigenvalue weighted by molar-refractivity contribution is 5.93. The molecular weight excluding hydrogens is 390 g/mol. The minimum absolute atomic E-state index is 0.0957. The van der Waals surface area contributed by atoms with Gasteiger partial charge in [-0.3, -0.25) is 9.78 Å². The third-order valence-corrected chi connectivity index (χ3v) is 5.76. The Morgan fingerprint density at radius 1 is 1.19 bits per heavy atom. The second kappa shape index (κ2) is 9.37. The fourth-order valence-electron chi connectivity index (χ4n) is 4.23. The summed E-state index contributed by atoms with van der Waals surface area (Å²) in [5.74, 6) is 1.47. The van der Waals surface area contributed by atoms with Crippen LogP contribution in [0.1, 0.15) is 78.9 Å². The number of carbonyl (C=O) groups excluding carboxylic acids is 1. The Morgan fingerprint density at radius 2 is 2.03 bits per heavy atom. The lowest BCUT2D eigenvalue weighted by molar-refractivity contribution is 0.0722. The van der Waals surface area contributed by atoms with Crippen LogP contribution in [-0.2, 0) is 12.8 Å². The Bertz CT molecular complexity index is 1060. The number of amides is 1. The molecule has 0 aromatic carbocycles. The van der Waals surface area contributed by atoms with Gasteiger partial charge in [-0.05, 0) is 49.8 Å². The summed E-state index contributed by atoms with van der Waals surface area (Å²) < 4.78 is 5.36. The molecule has 0 N–H and O–H groups in total. The molecule has 1 fully saturated rings. The quantitative estimate of drug-likeness (QED) is 0.551. The fraction of sp³-hybridized carbons (Fsp3) is 0.458. The Labute approximate surface area is 182 Å². The highest BCUT2D eigenvalue weighted by Crippen LogP contribution is 2.38. The van der Waals surface area contributed by atoms with Gasteiger partial charge in [0.05, 0.1) is 11.7 Å². The van der Waals surface area contributed by atoms with Gasteiger partial charge in [0, 0.05) is 49.6 Å². The van der Waals surface area contributed by atoms with Crippen LogP contribution in [0.15, 0.2) is 35.2 Å². The van der Waals surface area contributed by atoms with Gasteiger partial charge in [0.2, 0.25) is 0 Å². The first-order valence-corrected chi connectivity index (χ1v) is 11.2. The van der Waals surface area contributed by atoms with Crippen LogP contribution in [0.25, 0.3) is 11.1 Å². The molecule has 7 heteroatoms. The molecule has 1 amide bonds. The van der Waals surface area contributed by atoms with Crippen molar-refractivity contribution in [3.8, 4) is 11.1 Å². The molecule has 162 valence electrons. The molecule has 0 spiro atoms. The number of rotatable bonds is 7. The first kappa shape index (κ1) is 21.2. The van der Waals surface area contributed by atoms with Crippen LogP contribution >= 0.6 is 0 Å². The molecule has 1 atom stereocenters. The fourth-order valence-corrected chi connectivity index (χ4v) is 4.23. The molecular formula is C24H29N5O2. The number of aromatic nitrogens is 4. The average molecular weight is 420 g/mol.